The molecule has 0 fully saturated rings. The molecule has 0 heterocycles. The van der Waals surface area contributed by atoms with Crippen LogP contribution in [0.4, 0.5) is 0 Å². The number of esters is 1. The van der Waals surface area contributed by atoms with Gasteiger partial charge in [0, 0.05) is 6.04 Å². The van der Waals surface area contributed by atoms with E-state index in [2.05, 4.69) is 23.5 Å². The van der Waals surface area contributed by atoms with E-state index in [0.29, 0.717) is 0 Å². The number of benzene rings is 1. The number of fused-ring (bicyclic) bond motifs is 1. The Morgan fingerprint density at radius 3 is 2.74 bits per heavy atom. The van der Waals surface area contributed by atoms with Crippen molar-refractivity contribution in [2.45, 2.75) is 38.6 Å². The van der Waals surface area contributed by atoms with Crippen molar-refractivity contribution in [1.82, 2.24) is 5.32 Å². The maximum atomic E-state index is 11.9. The summed E-state index contributed by atoms with van der Waals surface area (Å²) in [5.41, 5.74) is 4.10. The Hall–Kier alpha value is -1.35. The predicted molar refractivity (Wildman–Crippen MR) is 76.1 cm³/mol. The molecule has 0 saturated carbocycles. The number of methoxy groups -OCH3 is 1. The van der Waals surface area contributed by atoms with E-state index in [9.17, 15) is 4.79 Å². The highest BCUT2D eigenvalue weighted by Gasteiger charge is 2.28. The first-order valence-electron chi connectivity index (χ1n) is 7.08. The van der Waals surface area contributed by atoms with Crippen molar-refractivity contribution >= 4 is 5.97 Å². The average molecular weight is 261 g/mol. The van der Waals surface area contributed by atoms with E-state index in [0.717, 1.165) is 12.8 Å². The van der Waals surface area contributed by atoms with Gasteiger partial charge in [-0.25, -0.2) is 0 Å². The Bertz CT molecular complexity index is 456. The maximum Gasteiger partial charge on any atom is 0.310 e. The van der Waals surface area contributed by atoms with Crippen LogP contribution in [0.5, 0.6) is 0 Å². The molecule has 1 aromatic rings. The first-order valence-corrected chi connectivity index (χ1v) is 7.08. The van der Waals surface area contributed by atoms with Crippen LogP contribution in [-0.4, -0.2) is 20.1 Å². The van der Waals surface area contributed by atoms with E-state index in [1.807, 2.05) is 14.0 Å². The molecule has 0 aliphatic heterocycles. The second kappa shape index (κ2) is 6.20. The lowest BCUT2D eigenvalue weighted by atomic mass is 9.89. The molecule has 19 heavy (non-hydrogen) atoms. The highest BCUT2D eigenvalue weighted by atomic mass is 16.5. The molecule has 0 bridgehead atoms. The van der Waals surface area contributed by atoms with Gasteiger partial charge in [-0.1, -0.05) is 25.1 Å². The lowest BCUT2D eigenvalue weighted by Crippen LogP contribution is -2.31. The van der Waals surface area contributed by atoms with Gasteiger partial charge in [0.2, 0.25) is 0 Å². The normalized spacial score (nSPS) is 16.8. The van der Waals surface area contributed by atoms with Crippen molar-refractivity contribution in [3.8, 4) is 0 Å². The van der Waals surface area contributed by atoms with Crippen LogP contribution in [0.1, 0.15) is 42.5 Å². The number of hydrogen-bond acceptors (Lipinski definition) is 3. The molecule has 2 unspecified atom stereocenters. The average Bonchev–Trinajstić information content (AvgIpc) is 2.91. The maximum absolute atomic E-state index is 11.9. The van der Waals surface area contributed by atoms with Crippen LogP contribution in [0.2, 0.25) is 0 Å². The fourth-order valence-corrected chi connectivity index (χ4v) is 3.08. The van der Waals surface area contributed by atoms with E-state index < -0.39 is 0 Å². The Morgan fingerprint density at radius 2 is 2.11 bits per heavy atom. The van der Waals surface area contributed by atoms with Gasteiger partial charge in [0.15, 0.2) is 0 Å². The van der Waals surface area contributed by atoms with Gasteiger partial charge in [0.05, 0.1) is 13.0 Å². The topological polar surface area (TPSA) is 38.3 Å². The molecule has 1 aliphatic carbocycles. The molecule has 1 aliphatic rings. The highest BCUT2D eigenvalue weighted by Crippen LogP contribution is 2.30. The SMILES string of the molecule is CCC(C(=O)OC)C(NC)c1ccc2c(c1)CCC2. The van der Waals surface area contributed by atoms with Gasteiger partial charge in [-0.2, -0.15) is 0 Å². The smallest absolute Gasteiger partial charge is 0.310 e. The molecule has 1 N–H and O–H groups in total. The third-order valence-electron chi connectivity index (χ3n) is 4.14. The van der Waals surface area contributed by atoms with Crippen molar-refractivity contribution < 1.29 is 9.53 Å². The summed E-state index contributed by atoms with van der Waals surface area (Å²) in [4.78, 5) is 11.9. The number of hydrogen-bond donors (Lipinski definition) is 1. The van der Waals surface area contributed by atoms with Crippen LogP contribution in [0.3, 0.4) is 0 Å². The van der Waals surface area contributed by atoms with Crippen molar-refractivity contribution in [2.75, 3.05) is 14.2 Å². The number of carbonyl (C=O) groups excluding carboxylic acids is 1. The van der Waals surface area contributed by atoms with Crippen molar-refractivity contribution in [3.05, 3.63) is 34.9 Å². The molecule has 0 saturated heterocycles. The van der Waals surface area contributed by atoms with Gasteiger partial charge in [0.25, 0.3) is 0 Å². The number of nitrogens with one attached hydrogen (secondary N) is 1. The third kappa shape index (κ3) is 2.81. The first-order chi connectivity index (χ1) is 9.21. The Balaban J connectivity index is 2.28. The van der Waals surface area contributed by atoms with E-state index in [1.165, 1.54) is 36.6 Å². The molecular weight excluding hydrogens is 238 g/mol. The molecule has 2 rings (SSSR count). The minimum absolute atomic E-state index is 0.0309. The third-order valence-corrected chi connectivity index (χ3v) is 4.14. The number of ether oxygens (including phenoxy) is 1. The molecule has 0 radical (unpaired) electrons. The summed E-state index contributed by atoms with van der Waals surface area (Å²) in [6, 6.07) is 6.65. The van der Waals surface area contributed by atoms with E-state index in [-0.39, 0.29) is 17.9 Å². The second-order valence-electron chi connectivity index (χ2n) is 5.19. The van der Waals surface area contributed by atoms with Crippen molar-refractivity contribution in [2.24, 2.45) is 5.92 Å². The molecule has 3 heteroatoms. The Morgan fingerprint density at radius 1 is 1.37 bits per heavy atom. The van der Waals surface area contributed by atoms with E-state index in [1.54, 1.807) is 0 Å². The number of carbonyl (C=O) groups is 1. The summed E-state index contributed by atoms with van der Waals surface area (Å²) >= 11 is 0. The second-order valence-corrected chi connectivity index (χ2v) is 5.19. The van der Waals surface area contributed by atoms with Crippen LogP contribution < -0.4 is 5.32 Å². The zero-order chi connectivity index (χ0) is 13.8. The van der Waals surface area contributed by atoms with Crippen molar-refractivity contribution in [1.29, 1.82) is 0 Å². The van der Waals surface area contributed by atoms with Gasteiger partial charge in [-0.3, -0.25) is 4.79 Å². The summed E-state index contributed by atoms with van der Waals surface area (Å²) in [5.74, 6) is -0.267. The lowest BCUT2D eigenvalue weighted by Gasteiger charge is -2.24. The molecule has 0 aromatic heterocycles. The fourth-order valence-electron chi connectivity index (χ4n) is 3.08. The minimum atomic E-state index is -0.137. The Kier molecular flexibility index (Phi) is 4.59. The summed E-state index contributed by atoms with van der Waals surface area (Å²) in [6.45, 7) is 2.03. The van der Waals surface area contributed by atoms with Crippen LogP contribution in [0, 0.1) is 5.92 Å². The monoisotopic (exact) mass is 261 g/mol. The minimum Gasteiger partial charge on any atom is -0.469 e. The quantitative estimate of drug-likeness (QED) is 0.828. The molecular formula is C16H23NO2. The largest absolute Gasteiger partial charge is 0.469 e. The fraction of sp³-hybridized carbons (Fsp3) is 0.562. The first kappa shape index (κ1) is 14.1. The van der Waals surface area contributed by atoms with Gasteiger partial charge in [0.1, 0.15) is 0 Å². The van der Waals surface area contributed by atoms with Gasteiger partial charge >= 0.3 is 5.97 Å². The van der Waals surface area contributed by atoms with Gasteiger partial charge < -0.3 is 10.1 Å². The summed E-state index contributed by atoms with van der Waals surface area (Å²) in [6.07, 6.45) is 4.37. The highest BCUT2D eigenvalue weighted by molar-refractivity contribution is 5.73. The summed E-state index contributed by atoms with van der Waals surface area (Å²) < 4.78 is 4.92. The Labute approximate surface area is 115 Å². The lowest BCUT2D eigenvalue weighted by molar-refractivity contribution is -0.146. The van der Waals surface area contributed by atoms with Crippen LogP contribution in [-0.2, 0) is 22.4 Å². The molecule has 2 atom stereocenters. The standard InChI is InChI=1S/C16H23NO2/c1-4-14(16(18)19-3)15(17-2)13-9-8-11-6-5-7-12(11)10-13/h8-10,14-15,17H,4-7H2,1-3H3. The molecule has 0 spiro atoms. The summed E-state index contributed by atoms with van der Waals surface area (Å²) in [7, 11) is 3.36. The van der Waals surface area contributed by atoms with Crippen LogP contribution >= 0.6 is 0 Å². The number of aryl methyl sites for hydroxylation is 2. The summed E-state index contributed by atoms with van der Waals surface area (Å²) in [5, 5.41) is 3.27. The zero-order valence-electron chi connectivity index (χ0n) is 12.0. The molecule has 0 amide bonds. The van der Waals surface area contributed by atoms with Gasteiger partial charge in [-0.05, 0) is 49.4 Å². The number of rotatable bonds is 5. The molecule has 3 nitrogen and oxygen atoms in total. The molecule has 104 valence electrons. The van der Waals surface area contributed by atoms with Crippen molar-refractivity contribution in [3.63, 3.8) is 0 Å². The van der Waals surface area contributed by atoms with E-state index in [4.69, 9.17) is 4.74 Å². The zero-order valence-corrected chi connectivity index (χ0v) is 12.0. The van der Waals surface area contributed by atoms with Crippen LogP contribution in [0.25, 0.3) is 0 Å². The predicted octanol–water partition coefficient (Wildman–Crippen LogP) is 2.64. The van der Waals surface area contributed by atoms with Gasteiger partial charge in [-0.15, -0.1) is 0 Å². The molecule has 1 aromatic carbocycles. The van der Waals surface area contributed by atoms with E-state index >= 15 is 0 Å². The van der Waals surface area contributed by atoms with Crippen LogP contribution in [0.15, 0.2) is 18.2 Å².